The van der Waals surface area contributed by atoms with Gasteiger partial charge in [0.2, 0.25) is 0 Å². The molecule has 0 amide bonds. The first-order valence-electron chi connectivity index (χ1n) is 4.58. The summed E-state index contributed by atoms with van der Waals surface area (Å²) in [5, 5.41) is 0. The molecule has 0 spiro atoms. The van der Waals surface area contributed by atoms with E-state index < -0.39 is 9.04 Å². The monoisotopic (exact) mass is 196 g/mol. The third-order valence-corrected chi connectivity index (χ3v) is 2.45. The van der Waals surface area contributed by atoms with Crippen LogP contribution in [0.25, 0.3) is 0 Å². The van der Waals surface area contributed by atoms with Crippen molar-refractivity contribution in [1.82, 2.24) is 0 Å². The zero-order valence-electron chi connectivity index (χ0n) is 8.19. The van der Waals surface area contributed by atoms with Crippen molar-refractivity contribution < 1.29 is 9.16 Å². The largest absolute Gasteiger partial charge is 0.491 e. The van der Waals surface area contributed by atoms with E-state index in [1.165, 1.54) is 0 Å². The van der Waals surface area contributed by atoms with Gasteiger partial charge in [-0.1, -0.05) is 18.2 Å². The van der Waals surface area contributed by atoms with E-state index in [1.807, 2.05) is 30.3 Å². The van der Waals surface area contributed by atoms with Crippen molar-refractivity contribution in [2.75, 3.05) is 13.2 Å². The van der Waals surface area contributed by atoms with Crippen molar-refractivity contribution in [3.05, 3.63) is 30.3 Å². The summed E-state index contributed by atoms with van der Waals surface area (Å²) in [6.45, 7) is 5.67. The zero-order valence-corrected chi connectivity index (χ0v) is 9.35. The fraction of sp³-hybridized carbons (Fsp3) is 0.400. The first-order valence-corrected chi connectivity index (χ1v) is 7.36. The molecule has 1 aromatic carbocycles. The van der Waals surface area contributed by atoms with Gasteiger partial charge in [0, 0.05) is 0 Å². The summed E-state index contributed by atoms with van der Waals surface area (Å²) in [4.78, 5) is 0. The fourth-order valence-electron chi connectivity index (χ4n) is 0.960. The van der Waals surface area contributed by atoms with Gasteiger partial charge in [-0.3, -0.25) is 0 Å². The summed E-state index contributed by atoms with van der Waals surface area (Å²) >= 11 is 0. The highest BCUT2D eigenvalue weighted by Crippen LogP contribution is 2.07. The Labute approximate surface area is 81.2 Å². The van der Waals surface area contributed by atoms with Crippen LogP contribution in [0.5, 0.6) is 5.75 Å². The molecule has 0 saturated carbocycles. The van der Waals surface area contributed by atoms with E-state index >= 15 is 0 Å². The molecule has 3 heteroatoms. The Kier molecular flexibility index (Phi) is 4.57. The van der Waals surface area contributed by atoms with Gasteiger partial charge in [-0.05, 0) is 25.2 Å². The highest BCUT2D eigenvalue weighted by molar-refractivity contribution is 6.48. The van der Waals surface area contributed by atoms with Crippen molar-refractivity contribution in [2.45, 2.75) is 13.1 Å². The van der Waals surface area contributed by atoms with Gasteiger partial charge in [-0.2, -0.15) is 0 Å². The highest BCUT2D eigenvalue weighted by atomic mass is 28.3. The molecule has 0 unspecified atom stereocenters. The first kappa shape index (κ1) is 10.3. The van der Waals surface area contributed by atoms with Gasteiger partial charge in [0.1, 0.15) is 12.4 Å². The van der Waals surface area contributed by atoms with Gasteiger partial charge >= 0.3 is 0 Å². The van der Waals surface area contributed by atoms with E-state index in [2.05, 4.69) is 13.1 Å². The molecule has 0 atom stereocenters. The predicted molar refractivity (Wildman–Crippen MR) is 56.8 cm³/mol. The SMILES string of the molecule is C[SiH](C)OCCOc1ccccc1. The normalized spacial score (nSPS) is 10.4. The van der Waals surface area contributed by atoms with Crippen molar-refractivity contribution in [3.63, 3.8) is 0 Å². The summed E-state index contributed by atoms with van der Waals surface area (Å²) in [7, 11) is -0.876. The van der Waals surface area contributed by atoms with Crippen LogP contribution in [0.1, 0.15) is 0 Å². The Hall–Kier alpha value is -0.803. The van der Waals surface area contributed by atoms with Crippen LogP contribution in [-0.4, -0.2) is 22.3 Å². The molecule has 0 heterocycles. The minimum atomic E-state index is -0.876. The molecule has 0 aliphatic rings. The number of para-hydroxylation sites is 1. The van der Waals surface area contributed by atoms with Gasteiger partial charge in [0.15, 0.2) is 9.04 Å². The van der Waals surface area contributed by atoms with Crippen molar-refractivity contribution >= 4 is 9.04 Å². The molecule has 0 aromatic heterocycles. The standard InChI is InChI=1S/C10H16O2Si/c1-13(2)12-9-8-11-10-6-4-3-5-7-10/h3-7,13H,8-9H2,1-2H3. The first-order chi connectivity index (χ1) is 6.29. The number of benzene rings is 1. The Morgan fingerprint density at radius 1 is 1.08 bits per heavy atom. The Morgan fingerprint density at radius 2 is 1.77 bits per heavy atom. The molecule has 72 valence electrons. The average Bonchev–Trinajstić information content (AvgIpc) is 2.14. The van der Waals surface area contributed by atoms with Gasteiger partial charge in [-0.15, -0.1) is 0 Å². The van der Waals surface area contributed by atoms with E-state index in [4.69, 9.17) is 9.16 Å². The molecule has 0 radical (unpaired) electrons. The number of ether oxygens (including phenoxy) is 1. The molecule has 0 bridgehead atoms. The summed E-state index contributed by atoms with van der Waals surface area (Å²) < 4.78 is 10.9. The van der Waals surface area contributed by atoms with E-state index in [0.29, 0.717) is 13.2 Å². The molecule has 1 aromatic rings. The van der Waals surface area contributed by atoms with E-state index in [1.54, 1.807) is 0 Å². The summed E-state index contributed by atoms with van der Waals surface area (Å²) in [5.41, 5.74) is 0. The van der Waals surface area contributed by atoms with Gasteiger partial charge in [0.25, 0.3) is 0 Å². The molecular formula is C10H16O2Si. The smallest absolute Gasteiger partial charge is 0.171 e. The molecule has 0 aliphatic carbocycles. The van der Waals surface area contributed by atoms with Crippen LogP contribution in [-0.2, 0) is 4.43 Å². The summed E-state index contributed by atoms with van der Waals surface area (Å²) in [5.74, 6) is 0.913. The molecule has 0 N–H and O–H groups in total. The van der Waals surface area contributed by atoms with Gasteiger partial charge < -0.3 is 9.16 Å². The third-order valence-electron chi connectivity index (χ3n) is 1.55. The number of hydrogen-bond donors (Lipinski definition) is 0. The summed E-state index contributed by atoms with van der Waals surface area (Å²) in [6.07, 6.45) is 0. The molecule has 0 saturated heterocycles. The van der Waals surface area contributed by atoms with Gasteiger partial charge in [-0.25, -0.2) is 0 Å². The van der Waals surface area contributed by atoms with Crippen LogP contribution in [0.4, 0.5) is 0 Å². The molecule has 0 aliphatic heterocycles. The lowest BCUT2D eigenvalue weighted by molar-refractivity contribution is 0.219. The Morgan fingerprint density at radius 3 is 2.38 bits per heavy atom. The van der Waals surface area contributed by atoms with E-state index in [9.17, 15) is 0 Å². The number of rotatable bonds is 5. The number of hydrogen-bond acceptors (Lipinski definition) is 2. The topological polar surface area (TPSA) is 18.5 Å². The average molecular weight is 196 g/mol. The molecule has 1 rings (SSSR count). The quantitative estimate of drug-likeness (QED) is 0.530. The Balaban J connectivity index is 2.13. The van der Waals surface area contributed by atoms with Crippen LogP contribution in [0, 0.1) is 0 Å². The Bertz CT molecular complexity index is 224. The third kappa shape index (κ3) is 4.70. The van der Waals surface area contributed by atoms with Crippen molar-refractivity contribution in [1.29, 1.82) is 0 Å². The minimum absolute atomic E-state index is 0.648. The lowest BCUT2D eigenvalue weighted by Crippen LogP contribution is -2.14. The lowest BCUT2D eigenvalue weighted by atomic mass is 10.3. The summed E-state index contributed by atoms with van der Waals surface area (Å²) in [6, 6.07) is 9.81. The minimum Gasteiger partial charge on any atom is -0.491 e. The highest BCUT2D eigenvalue weighted by Gasteiger charge is 1.95. The maximum absolute atomic E-state index is 5.48. The zero-order chi connectivity index (χ0) is 9.52. The van der Waals surface area contributed by atoms with Crippen molar-refractivity contribution in [3.8, 4) is 5.75 Å². The predicted octanol–water partition coefficient (Wildman–Crippen LogP) is 2.07. The second-order valence-electron chi connectivity index (χ2n) is 3.08. The lowest BCUT2D eigenvalue weighted by Gasteiger charge is -2.08. The molecule has 13 heavy (non-hydrogen) atoms. The molecule has 2 nitrogen and oxygen atoms in total. The van der Waals surface area contributed by atoms with Gasteiger partial charge in [0.05, 0.1) is 6.61 Å². The second kappa shape index (κ2) is 5.78. The van der Waals surface area contributed by atoms with Crippen LogP contribution in [0.3, 0.4) is 0 Å². The van der Waals surface area contributed by atoms with Crippen LogP contribution in [0.2, 0.25) is 13.1 Å². The van der Waals surface area contributed by atoms with E-state index in [0.717, 1.165) is 5.75 Å². The molecular weight excluding hydrogens is 180 g/mol. The maximum atomic E-state index is 5.48. The van der Waals surface area contributed by atoms with E-state index in [-0.39, 0.29) is 0 Å². The fourth-order valence-corrected chi connectivity index (χ4v) is 1.53. The maximum Gasteiger partial charge on any atom is 0.171 e. The van der Waals surface area contributed by atoms with Crippen LogP contribution in [0.15, 0.2) is 30.3 Å². The van der Waals surface area contributed by atoms with Crippen molar-refractivity contribution in [2.24, 2.45) is 0 Å². The van der Waals surface area contributed by atoms with Crippen LogP contribution >= 0.6 is 0 Å². The van der Waals surface area contributed by atoms with Crippen LogP contribution < -0.4 is 4.74 Å². The second-order valence-corrected chi connectivity index (χ2v) is 5.51. The molecule has 0 fully saturated rings.